The molecular weight excluding hydrogens is 244 g/mol. The Labute approximate surface area is 113 Å². The number of nitrogens with zero attached hydrogens (tertiary/aromatic N) is 1. The fourth-order valence-electron chi connectivity index (χ4n) is 2.16. The Bertz CT molecular complexity index is 412. The molecule has 2 rings (SSSR count). The van der Waals surface area contributed by atoms with Crippen LogP contribution in [-0.2, 0) is 4.74 Å². The fourth-order valence-corrected chi connectivity index (χ4v) is 2.16. The first-order valence-corrected chi connectivity index (χ1v) is 6.73. The zero-order chi connectivity index (χ0) is 13.7. The second kappa shape index (κ2) is 6.63. The largest absolute Gasteiger partial charge is 0.493 e. The first-order chi connectivity index (χ1) is 9.22. The highest BCUT2D eigenvalue weighted by Gasteiger charge is 2.20. The fraction of sp³-hybridized carbons (Fsp3) is 0.571. The average molecular weight is 266 g/mol. The first kappa shape index (κ1) is 14.0. The molecule has 0 aromatic heterocycles. The minimum Gasteiger partial charge on any atom is -0.493 e. The predicted molar refractivity (Wildman–Crippen MR) is 75.7 cm³/mol. The molecule has 5 heteroatoms. The van der Waals surface area contributed by atoms with Crippen molar-refractivity contribution in [1.29, 1.82) is 0 Å². The molecule has 3 N–H and O–H groups in total. The maximum absolute atomic E-state index is 9.18. The maximum atomic E-state index is 9.18. The van der Waals surface area contributed by atoms with Crippen LogP contribution in [-0.4, -0.2) is 44.1 Å². The van der Waals surface area contributed by atoms with Gasteiger partial charge in [-0.25, -0.2) is 0 Å². The van der Waals surface area contributed by atoms with E-state index in [0.717, 1.165) is 24.4 Å². The second-order valence-electron chi connectivity index (χ2n) is 4.73. The maximum Gasteiger partial charge on any atom is 0.123 e. The van der Waals surface area contributed by atoms with Gasteiger partial charge >= 0.3 is 0 Å². The van der Waals surface area contributed by atoms with Gasteiger partial charge in [0.25, 0.3) is 0 Å². The zero-order valence-electron chi connectivity index (χ0n) is 11.3. The number of hydrogen-bond donors (Lipinski definition) is 2. The van der Waals surface area contributed by atoms with Gasteiger partial charge < -0.3 is 25.2 Å². The van der Waals surface area contributed by atoms with Crippen molar-refractivity contribution in [2.24, 2.45) is 0 Å². The summed E-state index contributed by atoms with van der Waals surface area (Å²) in [4.78, 5) is 2.17. The summed E-state index contributed by atoms with van der Waals surface area (Å²) >= 11 is 0. The van der Waals surface area contributed by atoms with E-state index in [1.807, 2.05) is 18.2 Å². The van der Waals surface area contributed by atoms with E-state index in [1.165, 1.54) is 0 Å². The summed E-state index contributed by atoms with van der Waals surface area (Å²) in [6, 6.07) is 5.76. The van der Waals surface area contributed by atoms with Crippen molar-refractivity contribution in [1.82, 2.24) is 0 Å². The molecule has 1 aliphatic rings. The van der Waals surface area contributed by atoms with Crippen LogP contribution in [0.1, 0.15) is 13.3 Å². The quantitative estimate of drug-likeness (QED) is 0.785. The number of hydrogen-bond acceptors (Lipinski definition) is 5. The smallest absolute Gasteiger partial charge is 0.123 e. The minimum absolute atomic E-state index is 0.0397. The van der Waals surface area contributed by atoms with Crippen LogP contribution >= 0.6 is 0 Å². The van der Waals surface area contributed by atoms with Gasteiger partial charge in [-0.3, -0.25) is 0 Å². The molecule has 0 amide bonds. The third-order valence-corrected chi connectivity index (χ3v) is 3.09. The molecule has 19 heavy (non-hydrogen) atoms. The number of aliphatic hydroxyl groups is 1. The number of benzene rings is 1. The molecule has 1 aromatic carbocycles. The van der Waals surface area contributed by atoms with Gasteiger partial charge in [0.2, 0.25) is 0 Å². The molecule has 1 aliphatic heterocycles. The summed E-state index contributed by atoms with van der Waals surface area (Å²) in [5.41, 5.74) is 7.63. The van der Waals surface area contributed by atoms with Gasteiger partial charge in [0.05, 0.1) is 25.9 Å². The molecule has 0 spiro atoms. The highest BCUT2D eigenvalue weighted by atomic mass is 16.5. The third-order valence-electron chi connectivity index (χ3n) is 3.09. The van der Waals surface area contributed by atoms with Crippen molar-refractivity contribution < 1.29 is 14.6 Å². The van der Waals surface area contributed by atoms with Crippen molar-refractivity contribution >= 4 is 11.4 Å². The monoisotopic (exact) mass is 266 g/mol. The molecule has 1 aromatic rings. The lowest BCUT2D eigenvalue weighted by Crippen LogP contribution is -2.44. The Morgan fingerprint density at radius 3 is 3.05 bits per heavy atom. The van der Waals surface area contributed by atoms with E-state index in [-0.39, 0.29) is 12.7 Å². The SMILES string of the molecule is CCCOc1cc(N)cc(N2CCOC(CO)C2)c1. The number of nitrogens with two attached hydrogens (primary N) is 1. The van der Waals surface area contributed by atoms with Gasteiger partial charge in [0, 0.05) is 36.6 Å². The number of nitrogen functional groups attached to an aromatic ring is 1. The Morgan fingerprint density at radius 2 is 2.32 bits per heavy atom. The Kier molecular flexibility index (Phi) is 4.87. The topological polar surface area (TPSA) is 68.0 Å². The highest BCUT2D eigenvalue weighted by Crippen LogP contribution is 2.27. The average Bonchev–Trinajstić information content (AvgIpc) is 2.44. The summed E-state index contributed by atoms with van der Waals surface area (Å²) in [6.07, 6.45) is 0.837. The number of aliphatic hydroxyl groups excluding tert-OH is 1. The van der Waals surface area contributed by atoms with Crippen LogP contribution in [0, 0.1) is 0 Å². The van der Waals surface area contributed by atoms with Gasteiger partial charge in [-0.05, 0) is 12.5 Å². The van der Waals surface area contributed by atoms with E-state index in [1.54, 1.807) is 0 Å². The van der Waals surface area contributed by atoms with Gasteiger partial charge in [-0.15, -0.1) is 0 Å². The molecule has 106 valence electrons. The Morgan fingerprint density at radius 1 is 1.47 bits per heavy atom. The molecule has 1 atom stereocenters. The van der Waals surface area contributed by atoms with Crippen molar-refractivity contribution in [2.75, 3.05) is 43.5 Å². The molecule has 0 saturated carbocycles. The second-order valence-corrected chi connectivity index (χ2v) is 4.73. The van der Waals surface area contributed by atoms with Crippen molar-refractivity contribution in [2.45, 2.75) is 19.4 Å². The van der Waals surface area contributed by atoms with Crippen molar-refractivity contribution in [3.8, 4) is 5.75 Å². The molecule has 1 unspecified atom stereocenters. The Hall–Kier alpha value is -1.46. The van der Waals surface area contributed by atoms with Crippen LogP contribution in [0.2, 0.25) is 0 Å². The summed E-state index contributed by atoms with van der Waals surface area (Å²) in [5.74, 6) is 0.795. The molecule has 0 bridgehead atoms. The number of ether oxygens (including phenoxy) is 2. The van der Waals surface area contributed by atoms with Gasteiger partial charge in [0.15, 0.2) is 0 Å². The van der Waals surface area contributed by atoms with Gasteiger partial charge in [0.1, 0.15) is 5.75 Å². The summed E-state index contributed by atoms with van der Waals surface area (Å²) < 4.78 is 11.1. The molecular formula is C14H22N2O3. The molecule has 0 aliphatic carbocycles. The van der Waals surface area contributed by atoms with Crippen molar-refractivity contribution in [3.63, 3.8) is 0 Å². The van der Waals surface area contributed by atoms with Crippen LogP contribution in [0.4, 0.5) is 11.4 Å². The standard InChI is InChI=1S/C14H22N2O3/c1-2-4-18-13-7-11(15)6-12(8-13)16-3-5-19-14(9-16)10-17/h6-8,14,17H,2-5,9-10,15H2,1H3. The van der Waals surface area contributed by atoms with E-state index >= 15 is 0 Å². The molecule has 1 fully saturated rings. The van der Waals surface area contributed by atoms with E-state index in [9.17, 15) is 5.11 Å². The first-order valence-electron chi connectivity index (χ1n) is 6.73. The van der Waals surface area contributed by atoms with Crippen LogP contribution < -0.4 is 15.4 Å². The molecule has 0 radical (unpaired) electrons. The normalized spacial score (nSPS) is 19.5. The van der Waals surface area contributed by atoms with Crippen LogP contribution in [0.25, 0.3) is 0 Å². The Balaban J connectivity index is 2.11. The predicted octanol–water partition coefficient (Wildman–Crippen LogP) is 1.26. The highest BCUT2D eigenvalue weighted by molar-refractivity contribution is 5.60. The van der Waals surface area contributed by atoms with E-state index in [0.29, 0.717) is 25.4 Å². The lowest BCUT2D eigenvalue weighted by Gasteiger charge is -2.34. The molecule has 5 nitrogen and oxygen atoms in total. The number of anilines is 2. The number of rotatable bonds is 5. The summed E-state index contributed by atoms with van der Waals surface area (Å²) in [7, 11) is 0. The lowest BCUT2D eigenvalue weighted by molar-refractivity contribution is 0.00356. The zero-order valence-corrected chi connectivity index (χ0v) is 11.3. The van der Waals surface area contributed by atoms with Crippen LogP contribution in [0.15, 0.2) is 18.2 Å². The van der Waals surface area contributed by atoms with Crippen molar-refractivity contribution in [3.05, 3.63) is 18.2 Å². The van der Waals surface area contributed by atoms with Crippen LogP contribution in [0.5, 0.6) is 5.75 Å². The van der Waals surface area contributed by atoms with E-state index < -0.39 is 0 Å². The van der Waals surface area contributed by atoms with Gasteiger partial charge in [-0.2, -0.15) is 0 Å². The van der Waals surface area contributed by atoms with E-state index in [2.05, 4.69) is 11.8 Å². The molecule has 1 heterocycles. The lowest BCUT2D eigenvalue weighted by atomic mass is 10.2. The van der Waals surface area contributed by atoms with Crippen LogP contribution in [0.3, 0.4) is 0 Å². The molecule has 1 saturated heterocycles. The third kappa shape index (κ3) is 3.75. The van der Waals surface area contributed by atoms with Gasteiger partial charge in [-0.1, -0.05) is 6.92 Å². The number of morpholine rings is 1. The van der Waals surface area contributed by atoms with E-state index in [4.69, 9.17) is 15.2 Å². The summed E-state index contributed by atoms with van der Waals surface area (Å²) in [5, 5.41) is 9.18. The minimum atomic E-state index is -0.129. The summed E-state index contributed by atoms with van der Waals surface area (Å²) in [6.45, 7) is 4.88.